The molecule has 2 rings (SSSR count). The fraction of sp³-hybridized carbons (Fsp3) is 0.571. The Morgan fingerprint density at radius 1 is 1.44 bits per heavy atom. The molecule has 1 fully saturated rings. The largest absolute Gasteiger partial charge is 0.492 e. The standard InChI is InChI=1S/C14H22N2OS/c1-14(2)11-16(7-9-18-14)6-8-17-13-5-3-4-12(15)10-13/h3-5,10H,6-9,11,15H2,1-2H3. The van der Waals surface area contributed by atoms with Crippen LogP contribution in [0.3, 0.4) is 0 Å². The average Bonchev–Trinajstić information content (AvgIpc) is 2.28. The Morgan fingerprint density at radius 3 is 3.00 bits per heavy atom. The van der Waals surface area contributed by atoms with Crippen molar-refractivity contribution in [2.24, 2.45) is 0 Å². The highest BCUT2D eigenvalue weighted by atomic mass is 32.2. The molecule has 1 aliphatic rings. The number of nitrogen functional groups attached to an aromatic ring is 1. The van der Waals surface area contributed by atoms with Gasteiger partial charge >= 0.3 is 0 Å². The van der Waals surface area contributed by atoms with Crippen molar-refractivity contribution in [1.82, 2.24) is 4.90 Å². The number of nitrogens with two attached hydrogens (primary N) is 1. The first-order chi connectivity index (χ1) is 8.55. The van der Waals surface area contributed by atoms with E-state index in [2.05, 4.69) is 30.5 Å². The van der Waals surface area contributed by atoms with E-state index in [-0.39, 0.29) is 0 Å². The molecule has 100 valence electrons. The van der Waals surface area contributed by atoms with Gasteiger partial charge in [-0.25, -0.2) is 0 Å². The quantitative estimate of drug-likeness (QED) is 0.850. The van der Waals surface area contributed by atoms with E-state index < -0.39 is 0 Å². The Balaban J connectivity index is 1.75. The van der Waals surface area contributed by atoms with Gasteiger partial charge in [0.1, 0.15) is 12.4 Å². The number of anilines is 1. The maximum Gasteiger partial charge on any atom is 0.121 e. The van der Waals surface area contributed by atoms with Crippen LogP contribution >= 0.6 is 11.8 Å². The molecule has 3 nitrogen and oxygen atoms in total. The van der Waals surface area contributed by atoms with Gasteiger partial charge in [-0.3, -0.25) is 4.90 Å². The second-order valence-corrected chi connectivity index (χ2v) is 7.11. The normalized spacial score (nSPS) is 19.7. The maximum absolute atomic E-state index is 5.73. The highest BCUT2D eigenvalue weighted by Crippen LogP contribution is 2.29. The zero-order valence-corrected chi connectivity index (χ0v) is 12.0. The summed E-state index contributed by atoms with van der Waals surface area (Å²) in [6, 6.07) is 7.62. The summed E-state index contributed by atoms with van der Waals surface area (Å²) >= 11 is 2.06. The van der Waals surface area contributed by atoms with Gasteiger partial charge in [0.2, 0.25) is 0 Å². The Hall–Kier alpha value is -0.870. The van der Waals surface area contributed by atoms with Crippen LogP contribution in [-0.4, -0.2) is 41.6 Å². The molecule has 0 saturated carbocycles. The van der Waals surface area contributed by atoms with Gasteiger partial charge in [0.05, 0.1) is 0 Å². The summed E-state index contributed by atoms with van der Waals surface area (Å²) in [5.41, 5.74) is 6.47. The number of benzene rings is 1. The minimum atomic E-state index is 0.370. The van der Waals surface area contributed by atoms with Gasteiger partial charge in [-0.15, -0.1) is 0 Å². The lowest BCUT2D eigenvalue weighted by Crippen LogP contribution is -2.44. The number of hydrogen-bond acceptors (Lipinski definition) is 4. The molecule has 2 N–H and O–H groups in total. The van der Waals surface area contributed by atoms with Gasteiger partial charge < -0.3 is 10.5 Å². The molecule has 0 aliphatic carbocycles. The number of ether oxygens (including phenoxy) is 1. The maximum atomic E-state index is 5.73. The molecule has 18 heavy (non-hydrogen) atoms. The predicted octanol–water partition coefficient (Wildman–Crippen LogP) is 2.48. The van der Waals surface area contributed by atoms with E-state index in [0.717, 1.165) is 37.7 Å². The minimum absolute atomic E-state index is 0.370. The number of rotatable bonds is 4. The number of thioether (sulfide) groups is 1. The van der Waals surface area contributed by atoms with Crippen molar-refractivity contribution < 1.29 is 4.74 Å². The van der Waals surface area contributed by atoms with Crippen LogP contribution in [0.15, 0.2) is 24.3 Å². The van der Waals surface area contributed by atoms with E-state index in [1.807, 2.05) is 24.3 Å². The van der Waals surface area contributed by atoms with Gasteiger partial charge in [-0.2, -0.15) is 11.8 Å². The lowest BCUT2D eigenvalue weighted by molar-refractivity contribution is 0.202. The highest BCUT2D eigenvalue weighted by molar-refractivity contribution is 8.00. The molecule has 4 heteroatoms. The van der Waals surface area contributed by atoms with Crippen LogP contribution in [0.25, 0.3) is 0 Å². The van der Waals surface area contributed by atoms with Crippen LogP contribution in [0.4, 0.5) is 5.69 Å². The van der Waals surface area contributed by atoms with Crippen molar-refractivity contribution in [2.75, 3.05) is 37.7 Å². The van der Waals surface area contributed by atoms with E-state index in [1.54, 1.807) is 0 Å². The van der Waals surface area contributed by atoms with Crippen molar-refractivity contribution in [1.29, 1.82) is 0 Å². The molecule has 1 saturated heterocycles. The van der Waals surface area contributed by atoms with Gasteiger partial charge in [0.15, 0.2) is 0 Å². The summed E-state index contributed by atoms with van der Waals surface area (Å²) < 4.78 is 6.10. The lowest BCUT2D eigenvalue weighted by Gasteiger charge is -2.37. The van der Waals surface area contributed by atoms with E-state index in [4.69, 9.17) is 10.5 Å². The van der Waals surface area contributed by atoms with Crippen molar-refractivity contribution in [3.05, 3.63) is 24.3 Å². The number of hydrogen-bond donors (Lipinski definition) is 1. The number of nitrogens with zero attached hydrogens (tertiary/aromatic N) is 1. The molecule has 0 atom stereocenters. The van der Waals surface area contributed by atoms with Gasteiger partial charge in [-0.05, 0) is 26.0 Å². The van der Waals surface area contributed by atoms with Crippen molar-refractivity contribution in [3.8, 4) is 5.75 Å². The summed E-state index contributed by atoms with van der Waals surface area (Å²) in [5, 5.41) is 0. The van der Waals surface area contributed by atoms with Gasteiger partial charge in [0.25, 0.3) is 0 Å². The third-order valence-electron chi connectivity index (χ3n) is 3.04. The highest BCUT2D eigenvalue weighted by Gasteiger charge is 2.26. The van der Waals surface area contributed by atoms with E-state index >= 15 is 0 Å². The second-order valence-electron chi connectivity index (χ2n) is 5.31. The third kappa shape index (κ3) is 4.10. The smallest absolute Gasteiger partial charge is 0.121 e. The monoisotopic (exact) mass is 266 g/mol. The molecule has 1 aliphatic heterocycles. The van der Waals surface area contributed by atoms with Gasteiger partial charge in [0, 0.05) is 41.9 Å². The molecule has 0 unspecified atom stereocenters. The molecular weight excluding hydrogens is 244 g/mol. The van der Waals surface area contributed by atoms with Crippen molar-refractivity contribution >= 4 is 17.4 Å². The first kappa shape index (κ1) is 13.6. The lowest BCUT2D eigenvalue weighted by atomic mass is 10.2. The minimum Gasteiger partial charge on any atom is -0.492 e. The predicted molar refractivity (Wildman–Crippen MR) is 79.3 cm³/mol. The van der Waals surface area contributed by atoms with E-state index in [0.29, 0.717) is 4.75 Å². The second kappa shape index (κ2) is 5.85. The summed E-state index contributed by atoms with van der Waals surface area (Å²) in [5.74, 6) is 2.08. The van der Waals surface area contributed by atoms with Crippen LogP contribution in [0, 0.1) is 0 Å². The SMILES string of the molecule is CC1(C)CN(CCOc2cccc(N)c2)CCS1. The summed E-state index contributed by atoms with van der Waals surface area (Å²) in [6.07, 6.45) is 0. The molecule has 0 bridgehead atoms. The van der Waals surface area contributed by atoms with Crippen LogP contribution in [0.1, 0.15) is 13.8 Å². The average molecular weight is 266 g/mol. The third-order valence-corrected chi connectivity index (χ3v) is 4.34. The van der Waals surface area contributed by atoms with Crippen LogP contribution in [0.2, 0.25) is 0 Å². The molecule has 1 heterocycles. The van der Waals surface area contributed by atoms with E-state index in [9.17, 15) is 0 Å². The zero-order chi connectivity index (χ0) is 13.0. The first-order valence-corrected chi connectivity index (χ1v) is 7.38. The molecule has 1 aromatic carbocycles. The van der Waals surface area contributed by atoms with Crippen LogP contribution in [-0.2, 0) is 0 Å². The molecule has 1 aromatic rings. The topological polar surface area (TPSA) is 38.5 Å². The van der Waals surface area contributed by atoms with Crippen molar-refractivity contribution in [3.63, 3.8) is 0 Å². The Labute approximate surface area is 114 Å². The van der Waals surface area contributed by atoms with Crippen LogP contribution in [0.5, 0.6) is 5.75 Å². The molecular formula is C14H22N2OS. The van der Waals surface area contributed by atoms with Crippen molar-refractivity contribution in [2.45, 2.75) is 18.6 Å². The Morgan fingerprint density at radius 2 is 2.28 bits per heavy atom. The molecule has 0 aromatic heterocycles. The molecule has 0 radical (unpaired) electrons. The van der Waals surface area contributed by atoms with Gasteiger partial charge in [-0.1, -0.05) is 6.07 Å². The molecule has 0 amide bonds. The Kier molecular flexibility index (Phi) is 4.40. The Bertz CT molecular complexity index is 395. The fourth-order valence-corrected chi connectivity index (χ4v) is 3.38. The summed E-state index contributed by atoms with van der Waals surface area (Å²) in [6.45, 7) is 8.63. The zero-order valence-electron chi connectivity index (χ0n) is 11.2. The summed E-state index contributed by atoms with van der Waals surface area (Å²) in [4.78, 5) is 2.47. The fourth-order valence-electron chi connectivity index (χ4n) is 2.20. The summed E-state index contributed by atoms with van der Waals surface area (Å²) in [7, 11) is 0. The van der Waals surface area contributed by atoms with Crippen LogP contribution < -0.4 is 10.5 Å². The molecule has 0 spiro atoms. The first-order valence-electron chi connectivity index (χ1n) is 6.40. The van der Waals surface area contributed by atoms with E-state index in [1.165, 1.54) is 5.75 Å².